The van der Waals surface area contributed by atoms with Crippen LogP contribution in [-0.2, 0) is 0 Å². The van der Waals surface area contributed by atoms with Gasteiger partial charge in [-0.15, -0.1) is 0 Å². The van der Waals surface area contributed by atoms with E-state index in [2.05, 4.69) is 4.98 Å². The van der Waals surface area contributed by atoms with Crippen LogP contribution in [0.3, 0.4) is 0 Å². The zero-order chi connectivity index (χ0) is 14.0. The molecule has 1 aromatic heterocycles. The summed E-state index contributed by atoms with van der Waals surface area (Å²) in [6.07, 6.45) is 4.51. The van der Waals surface area contributed by atoms with Gasteiger partial charge < -0.3 is 10.6 Å². The van der Waals surface area contributed by atoms with Crippen molar-refractivity contribution in [1.29, 1.82) is 0 Å². The van der Waals surface area contributed by atoms with Crippen molar-refractivity contribution in [1.82, 2.24) is 9.88 Å². The van der Waals surface area contributed by atoms with E-state index in [1.54, 1.807) is 11.9 Å². The number of carbonyl (C=O) groups is 1. The van der Waals surface area contributed by atoms with Crippen molar-refractivity contribution in [3.8, 4) is 0 Å². The van der Waals surface area contributed by atoms with Crippen molar-refractivity contribution >= 4 is 17.4 Å². The standard InChI is InChI=1S/C12H16N4O3/c1-15(7-8-3-2-4-8)12(17)10-5-9(16(18)19)6-14-11(10)13/h5-6,8H,2-4,7H2,1H3,(H2,13,14). The average Bonchev–Trinajstić information content (AvgIpc) is 2.33. The largest absolute Gasteiger partial charge is 0.383 e. The molecule has 7 heteroatoms. The van der Waals surface area contributed by atoms with Gasteiger partial charge in [0.25, 0.3) is 11.6 Å². The molecule has 1 saturated carbocycles. The Morgan fingerprint density at radius 2 is 2.32 bits per heavy atom. The molecule has 0 atom stereocenters. The Morgan fingerprint density at radius 1 is 1.63 bits per heavy atom. The Kier molecular flexibility index (Phi) is 3.64. The maximum absolute atomic E-state index is 12.2. The minimum atomic E-state index is -0.588. The lowest BCUT2D eigenvalue weighted by molar-refractivity contribution is -0.385. The molecule has 0 radical (unpaired) electrons. The summed E-state index contributed by atoms with van der Waals surface area (Å²) in [5.74, 6) is 0.235. The fourth-order valence-corrected chi connectivity index (χ4v) is 2.09. The number of hydrogen-bond donors (Lipinski definition) is 1. The maximum atomic E-state index is 12.2. The van der Waals surface area contributed by atoms with Gasteiger partial charge in [0.15, 0.2) is 0 Å². The number of aromatic nitrogens is 1. The molecule has 1 aliphatic carbocycles. The number of pyridine rings is 1. The van der Waals surface area contributed by atoms with Crippen LogP contribution in [0.25, 0.3) is 0 Å². The Balaban J connectivity index is 2.16. The highest BCUT2D eigenvalue weighted by atomic mass is 16.6. The van der Waals surface area contributed by atoms with Gasteiger partial charge in [-0.1, -0.05) is 6.42 Å². The molecule has 0 unspecified atom stereocenters. The number of amides is 1. The van der Waals surface area contributed by atoms with E-state index in [0.717, 1.165) is 19.0 Å². The number of carbonyl (C=O) groups excluding carboxylic acids is 1. The summed E-state index contributed by atoms with van der Waals surface area (Å²) in [5.41, 5.74) is 5.49. The lowest BCUT2D eigenvalue weighted by Gasteiger charge is -2.30. The van der Waals surface area contributed by atoms with Crippen molar-refractivity contribution < 1.29 is 9.72 Å². The third-order valence-electron chi connectivity index (χ3n) is 3.45. The molecule has 2 rings (SSSR count). The second kappa shape index (κ2) is 5.21. The molecule has 1 heterocycles. The quantitative estimate of drug-likeness (QED) is 0.654. The van der Waals surface area contributed by atoms with Crippen LogP contribution in [0.2, 0.25) is 0 Å². The minimum absolute atomic E-state index is 0.0241. The van der Waals surface area contributed by atoms with Gasteiger partial charge >= 0.3 is 0 Å². The molecule has 1 fully saturated rings. The van der Waals surface area contributed by atoms with Gasteiger partial charge in [-0.3, -0.25) is 14.9 Å². The summed E-state index contributed by atoms with van der Waals surface area (Å²) < 4.78 is 0. The van der Waals surface area contributed by atoms with Gasteiger partial charge in [0.2, 0.25) is 0 Å². The molecule has 0 saturated heterocycles. The van der Waals surface area contributed by atoms with E-state index in [1.165, 1.54) is 12.5 Å². The summed E-state index contributed by atoms with van der Waals surface area (Å²) in [6.45, 7) is 0.654. The number of rotatable bonds is 4. The Bertz CT molecular complexity index is 514. The molecule has 102 valence electrons. The predicted molar refractivity (Wildman–Crippen MR) is 69.6 cm³/mol. The first kappa shape index (κ1) is 13.3. The first-order chi connectivity index (χ1) is 8.99. The van der Waals surface area contributed by atoms with E-state index >= 15 is 0 Å². The minimum Gasteiger partial charge on any atom is -0.383 e. The molecular formula is C12H16N4O3. The summed E-state index contributed by atoms with van der Waals surface area (Å²) in [5, 5.41) is 10.7. The number of nitrogens with zero attached hydrogens (tertiary/aromatic N) is 3. The van der Waals surface area contributed by atoms with Gasteiger partial charge in [0.1, 0.15) is 12.0 Å². The third kappa shape index (κ3) is 2.81. The van der Waals surface area contributed by atoms with Crippen LogP contribution in [-0.4, -0.2) is 34.3 Å². The molecule has 0 aromatic carbocycles. The van der Waals surface area contributed by atoms with Gasteiger partial charge in [0, 0.05) is 19.7 Å². The van der Waals surface area contributed by atoms with Crippen LogP contribution < -0.4 is 5.73 Å². The molecule has 19 heavy (non-hydrogen) atoms. The Hall–Kier alpha value is -2.18. The smallest absolute Gasteiger partial charge is 0.288 e. The SMILES string of the molecule is CN(CC1CCC1)C(=O)c1cc([N+](=O)[O-])cnc1N. The summed E-state index contributed by atoms with van der Waals surface area (Å²) >= 11 is 0. The lowest BCUT2D eigenvalue weighted by Crippen LogP contribution is -2.34. The molecule has 1 amide bonds. The topological polar surface area (TPSA) is 102 Å². The highest BCUT2D eigenvalue weighted by Crippen LogP contribution is 2.27. The molecule has 7 nitrogen and oxygen atoms in total. The zero-order valence-electron chi connectivity index (χ0n) is 10.7. The highest BCUT2D eigenvalue weighted by molar-refractivity contribution is 5.98. The third-order valence-corrected chi connectivity index (χ3v) is 3.45. The van der Waals surface area contributed by atoms with Crippen LogP contribution in [0.15, 0.2) is 12.3 Å². The van der Waals surface area contributed by atoms with Crippen LogP contribution in [0.5, 0.6) is 0 Å². The van der Waals surface area contributed by atoms with E-state index in [4.69, 9.17) is 5.73 Å². The van der Waals surface area contributed by atoms with Crippen molar-refractivity contribution in [3.05, 3.63) is 27.9 Å². The van der Waals surface area contributed by atoms with Crippen molar-refractivity contribution in [2.75, 3.05) is 19.3 Å². The van der Waals surface area contributed by atoms with E-state index in [9.17, 15) is 14.9 Å². The van der Waals surface area contributed by atoms with E-state index in [-0.39, 0.29) is 23.0 Å². The van der Waals surface area contributed by atoms with E-state index in [0.29, 0.717) is 12.5 Å². The summed E-state index contributed by atoms with van der Waals surface area (Å²) in [7, 11) is 1.68. The molecule has 0 aliphatic heterocycles. The first-order valence-corrected chi connectivity index (χ1v) is 6.14. The Morgan fingerprint density at radius 3 is 2.84 bits per heavy atom. The normalized spacial score (nSPS) is 14.8. The van der Waals surface area contributed by atoms with Crippen LogP contribution in [0.4, 0.5) is 11.5 Å². The van der Waals surface area contributed by atoms with Gasteiger partial charge in [-0.2, -0.15) is 0 Å². The number of nitro groups is 1. The van der Waals surface area contributed by atoms with Crippen molar-refractivity contribution in [2.24, 2.45) is 5.92 Å². The number of anilines is 1. The summed E-state index contributed by atoms with van der Waals surface area (Å²) in [4.78, 5) is 27.6. The fourth-order valence-electron chi connectivity index (χ4n) is 2.09. The van der Waals surface area contributed by atoms with Crippen LogP contribution in [0.1, 0.15) is 29.6 Å². The molecule has 2 N–H and O–H groups in total. The molecule has 0 bridgehead atoms. The second-order valence-electron chi connectivity index (χ2n) is 4.87. The van der Waals surface area contributed by atoms with E-state index in [1.807, 2.05) is 0 Å². The predicted octanol–water partition coefficient (Wildman–Crippen LogP) is 1.44. The fraction of sp³-hybridized carbons (Fsp3) is 0.500. The Labute approximate surface area is 110 Å². The number of nitrogen functional groups attached to an aromatic ring is 1. The molecular weight excluding hydrogens is 248 g/mol. The first-order valence-electron chi connectivity index (χ1n) is 6.14. The van der Waals surface area contributed by atoms with Crippen molar-refractivity contribution in [3.63, 3.8) is 0 Å². The average molecular weight is 264 g/mol. The lowest BCUT2D eigenvalue weighted by atomic mass is 9.85. The van der Waals surface area contributed by atoms with Gasteiger partial charge in [-0.25, -0.2) is 4.98 Å². The number of hydrogen-bond acceptors (Lipinski definition) is 5. The maximum Gasteiger partial charge on any atom is 0.288 e. The molecule has 1 aromatic rings. The molecule has 1 aliphatic rings. The number of nitrogens with two attached hydrogens (primary N) is 1. The van der Waals surface area contributed by atoms with Crippen molar-refractivity contribution in [2.45, 2.75) is 19.3 Å². The van der Waals surface area contributed by atoms with Gasteiger partial charge in [-0.05, 0) is 18.8 Å². The van der Waals surface area contributed by atoms with Crippen LogP contribution >= 0.6 is 0 Å². The summed E-state index contributed by atoms with van der Waals surface area (Å²) in [6, 6.07) is 1.18. The highest BCUT2D eigenvalue weighted by Gasteiger charge is 2.24. The van der Waals surface area contributed by atoms with E-state index < -0.39 is 4.92 Å². The monoisotopic (exact) mass is 264 g/mol. The van der Waals surface area contributed by atoms with Crippen LogP contribution in [0, 0.1) is 16.0 Å². The second-order valence-corrected chi connectivity index (χ2v) is 4.87. The zero-order valence-corrected chi connectivity index (χ0v) is 10.7. The molecule has 0 spiro atoms. The van der Waals surface area contributed by atoms with Gasteiger partial charge in [0.05, 0.1) is 10.5 Å².